The summed E-state index contributed by atoms with van der Waals surface area (Å²) in [4.78, 5) is 41.8. The minimum atomic E-state index is -0.792. The van der Waals surface area contributed by atoms with Crippen LogP contribution in [0.15, 0.2) is 66.2 Å². The van der Waals surface area contributed by atoms with Crippen molar-refractivity contribution in [3.63, 3.8) is 0 Å². The van der Waals surface area contributed by atoms with E-state index in [0.717, 1.165) is 16.7 Å². The first-order valence-electron chi connectivity index (χ1n) is 14.8. The predicted molar refractivity (Wildman–Crippen MR) is 171 cm³/mol. The Morgan fingerprint density at radius 1 is 0.905 bits per heavy atom. The summed E-state index contributed by atoms with van der Waals surface area (Å²) in [6.07, 6.45) is 1.78. The van der Waals surface area contributed by atoms with Crippen LogP contribution in [0.25, 0.3) is 11.1 Å². The Balaban J connectivity index is 2.34. The van der Waals surface area contributed by atoms with Gasteiger partial charge in [0.05, 0.1) is 18.7 Å². The first kappa shape index (κ1) is 34.7. The molecule has 2 rings (SSSR count). The molecule has 3 atom stereocenters. The number of nitrogens with zero attached hydrogens (tertiary/aromatic N) is 1. The number of carbonyl (C=O) groups excluding carboxylic acids is 3. The van der Waals surface area contributed by atoms with Crippen LogP contribution in [0.4, 0.5) is 0 Å². The number of nitrogens with one attached hydrogen (secondary N) is 2. The first-order chi connectivity index (χ1) is 19.6. The van der Waals surface area contributed by atoms with Gasteiger partial charge < -0.3 is 20.3 Å². The first-order valence-corrected chi connectivity index (χ1v) is 14.8. The molecule has 0 saturated heterocycles. The molecule has 0 aliphatic heterocycles. The lowest BCUT2D eigenvalue weighted by molar-refractivity contribution is -0.141. The van der Waals surface area contributed by atoms with Crippen molar-refractivity contribution < 1.29 is 19.1 Å². The van der Waals surface area contributed by atoms with E-state index in [1.165, 1.54) is 0 Å². The summed E-state index contributed by atoms with van der Waals surface area (Å²) in [5.41, 5.74) is 2.54. The van der Waals surface area contributed by atoms with Crippen LogP contribution < -0.4 is 10.6 Å². The highest BCUT2D eigenvalue weighted by atomic mass is 16.5. The van der Waals surface area contributed by atoms with Crippen LogP contribution in [0.5, 0.6) is 0 Å². The number of amides is 2. The standard InChI is InChI=1S/C35H51N3O4/c1-12-42-33(41)24(4)22-28(23(2)3)38(11)32(40)30(34(5,6)7)37-31(39)29(36-10)35(8,9)27-20-18-26(19-21-27)25-16-14-13-15-17-25/h13-23,28-30,36H,12H2,1-11H3,(H,37,39)/b24-22+/t28-,29?,30-/m1/s1. The van der Waals surface area contributed by atoms with E-state index in [1.807, 2.05) is 66.7 Å². The molecular weight excluding hydrogens is 526 g/mol. The molecule has 2 aromatic carbocycles. The van der Waals surface area contributed by atoms with Crippen LogP contribution in [0, 0.1) is 11.3 Å². The van der Waals surface area contributed by atoms with Gasteiger partial charge >= 0.3 is 5.97 Å². The summed E-state index contributed by atoms with van der Waals surface area (Å²) in [6.45, 7) is 17.6. The SMILES string of the molecule is CCOC(=O)/C(C)=C/[C@H](C(C)C)N(C)C(=O)[C@@H](NC(=O)C(NC)C(C)(C)c1ccc(-c2ccccc2)cc1)C(C)(C)C. The second-order valence-electron chi connectivity index (χ2n) is 12.9. The number of hydrogen-bond acceptors (Lipinski definition) is 5. The average Bonchev–Trinajstić information content (AvgIpc) is 2.93. The minimum Gasteiger partial charge on any atom is -0.463 e. The Morgan fingerprint density at radius 3 is 1.93 bits per heavy atom. The molecule has 0 fully saturated rings. The van der Waals surface area contributed by atoms with Crippen LogP contribution in [0.1, 0.15) is 67.9 Å². The summed E-state index contributed by atoms with van der Waals surface area (Å²) in [7, 11) is 3.49. The number of ether oxygens (including phenoxy) is 1. The fourth-order valence-corrected chi connectivity index (χ4v) is 5.25. The zero-order chi connectivity index (χ0) is 31.8. The van der Waals surface area contributed by atoms with E-state index < -0.39 is 28.9 Å². The topological polar surface area (TPSA) is 87.7 Å². The zero-order valence-electron chi connectivity index (χ0n) is 27.4. The van der Waals surface area contributed by atoms with Gasteiger partial charge in [0.25, 0.3) is 0 Å². The van der Waals surface area contributed by atoms with Crippen molar-refractivity contribution >= 4 is 17.8 Å². The highest BCUT2D eigenvalue weighted by Crippen LogP contribution is 2.31. The summed E-state index contributed by atoms with van der Waals surface area (Å²) in [5, 5.41) is 6.29. The van der Waals surface area contributed by atoms with Gasteiger partial charge in [-0.1, -0.05) is 109 Å². The van der Waals surface area contributed by atoms with Crippen molar-refractivity contribution in [2.45, 2.75) is 85.9 Å². The van der Waals surface area contributed by atoms with Crippen LogP contribution in [-0.4, -0.2) is 61.5 Å². The average molecular weight is 578 g/mol. The van der Waals surface area contributed by atoms with Gasteiger partial charge in [-0.05, 0) is 48.9 Å². The van der Waals surface area contributed by atoms with Crippen LogP contribution >= 0.6 is 0 Å². The molecule has 0 spiro atoms. The Hall–Kier alpha value is -3.45. The highest BCUT2D eigenvalue weighted by molar-refractivity contribution is 5.92. The molecule has 0 aromatic heterocycles. The van der Waals surface area contributed by atoms with E-state index in [1.54, 1.807) is 38.9 Å². The molecule has 0 saturated carbocycles. The maximum absolute atomic E-state index is 14.0. The van der Waals surface area contributed by atoms with E-state index in [-0.39, 0.29) is 30.4 Å². The summed E-state index contributed by atoms with van der Waals surface area (Å²) < 4.78 is 5.14. The summed E-state index contributed by atoms with van der Waals surface area (Å²) in [6, 6.07) is 16.7. The monoisotopic (exact) mass is 577 g/mol. The van der Waals surface area contributed by atoms with Gasteiger partial charge in [-0.25, -0.2) is 4.79 Å². The molecule has 0 aliphatic rings. The van der Waals surface area contributed by atoms with Crippen molar-refractivity contribution in [3.05, 3.63) is 71.8 Å². The molecule has 7 nitrogen and oxygen atoms in total. The maximum atomic E-state index is 14.0. The van der Waals surface area contributed by atoms with Gasteiger partial charge in [-0.3, -0.25) is 9.59 Å². The lowest BCUT2D eigenvalue weighted by atomic mass is 9.76. The Morgan fingerprint density at radius 2 is 1.45 bits per heavy atom. The van der Waals surface area contributed by atoms with Crippen molar-refractivity contribution in [1.29, 1.82) is 0 Å². The normalized spacial score (nSPS) is 14.6. The number of benzene rings is 2. The number of likely N-dealkylation sites (N-methyl/N-ethyl adjacent to an activating group) is 2. The van der Waals surface area contributed by atoms with E-state index in [0.29, 0.717) is 5.57 Å². The van der Waals surface area contributed by atoms with E-state index in [4.69, 9.17) is 4.74 Å². The van der Waals surface area contributed by atoms with Crippen LogP contribution in [0.3, 0.4) is 0 Å². The second kappa shape index (κ2) is 14.6. The Bertz CT molecular complexity index is 1230. The molecule has 0 heterocycles. The van der Waals surface area contributed by atoms with Gasteiger partial charge in [0, 0.05) is 18.0 Å². The zero-order valence-corrected chi connectivity index (χ0v) is 27.4. The van der Waals surface area contributed by atoms with Crippen molar-refractivity contribution in [2.75, 3.05) is 20.7 Å². The van der Waals surface area contributed by atoms with E-state index >= 15 is 0 Å². The molecule has 7 heteroatoms. The predicted octanol–water partition coefficient (Wildman–Crippen LogP) is 5.74. The van der Waals surface area contributed by atoms with Gasteiger partial charge in [0.2, 0.25) is 11.8 Å². The lowest BCUT2D eigenvalue weighted by Gasteiger charge is -2.40. The third-order valence-corrected chi connectivity index (χ3v) is 7.90. The van der Waals surface area contributed by atoms with Gasteiger partial charge in [0.1, 0.15) is 6.04 Å². The molecule has 2 amide bonds. The van der Waals surface area contributed by atoms with E-state index in [9.17, 15) is 14.4 Å². The number of carbonyl (C=O) groups is 3. The summed E-state index contributed by atoms with van der Waals surface area (Å²) in [5.74, 6) is -0.846. The number of rotatable bonds is 12. The Kier molecular flexibility index (Phi) is 12.1. The molecule has 42 heavy (non-hydrogen) atoms. The molecule has 0 radical (unpaired) electrons. The van der Waals surface area contributed by atoms with Gasteiger partial charge in [-0.15, -0.1) is 0 Å². The number of hydrogen-bond donors (Lipinski definition) is 2. The van der Waals surface area contributed by atoms with Crippen molar-refractivity contribution in [2.24, 2.45) is 11.3 Å². The summed E-state index contributed by atoms with van der Waals surface area (Å²) >= 11 is 0. The van der Waals surface area contributed by atoms with Crippen molar-refractivity contribution in [3.8, 4) is 11.1 Å². The third-order valence-electron chi connectivity index (χ3n) is 7.90. The molecule has 2 aromatic rings. The molecular formula is C35H51N3O4. The molecule has 0 bridgehead atoms. The molecule has 0 aliphatic carbocycles. The van der Waals surface area contributed by atoms with Crippen LogP contribution in [-0.2, 0) is 24.5 Å². The lowest BCUT2D eigenvalue weighted by Crippen LogP contribution is -2.61. The smallest absolute Gasteiger partial charge is 0.333 e. The molecule has 1 unspecified atom stereocenters. The third kappa shape index (κ3) is 8.54. The van der Waals surface area contributed by atoms with Gasteiger partial charge in [-0.2, -0.15) is 0 Å². The highest BCUT2D eigenvalue weighted by Gasteiger charge is 2.41. The Labute approximate surface area is 253 Å². The van der Waals surface area contributed by atoms with Gasteiger partial charge in [0.15, 0.2) is 0 Å². The van der Waals surface area contributed by atoms with Crippen molar-refractivity contribution in [1.82, 2.24) is 15.5 Å². The minimum absolute atomic E-state index is 0.0301. The van der Waals surface area contributed by atoms with Crippen LogP contribution in [0.2, 0.25) is 0 Å². The quantitative estimate of drug-likeness (QED) is 0.248. The second-order valence-corrected chi connectivity index (χ2v) is 12.9. The molecule has 2 N–H and O–H groups in total. The maximum Gasteiger partial charge on any atom is 0.333 e. The fraction of sp³-hybridized carbons (Fsp3) is 0.514. The molecule has 230 valence electrons. The van der Waals surface area contributed by atoms with E-state index in [2.05, 4.69) is 47.0 Å². The fourth-order valence-electron chi connectivity index (χ4n) is 5.25. The largest absolute Gasteiger partial charge is 0.463 e. The number of esters is 1.